The fraction of sp³-hybridized carbons (Fsp3) is 0.269. The average Bonchev–Trinajstić information content (AvgIpc) is 2.83. The van der Waals surface area contributed by atoms with E-state index < -0.39 is 12.1 Å². The molecule has 2 atom stereocenters. The van der Waals surface area contributed by atoms with Gasteiger partial charge in [-0.05, 0) is 60.8 Å². The molecule has 32 heavy (non-hydrogen) atoms. The van der Waals surface area contributed by atoms with E-state index in [1.165, 1.54) is 0 Å². The van der Waals surface area contributed by atoms with E-state index in [4.69, 9.17) is 9.47 Å². The van der Waals surface area contributed by atoms with Crippen molar-refractivity contribution in [3.8, 4) is 11.5 Å². The Kier molecular flexibility index (Phi) is 8.66. The third kappa shape index (κ3) is 7.41. The molecule has 0 fully saturated rings. The summed E-state index contributed by atoms with van der Waals surface area (Å²) in [6.45, 7) is 2.71. The second-order valence-electron chi connectivity index (χ2n) is 7.61. The van der Waals surface area contributed by atoms with Crippen molar-refractivity contribution in [3.63, 3.8) is 0 Å². The van der Waals surface area contributed by atoms with Gasteiger partial charge in [-0.25, -0.2) is 4.79 Å². The van der Waals surface area contributed by atoms with E-state index in [1.807, 2.05) is 61.5 Å². The maximum absolute atomic E-state index is 11.8. The van der Waals surface area contributed by atoms with Crippen LogP contribution in [0.2, 0.25) is 0 Å². The van der Waals surface area contributed by atoms with Crippen molar-refractivity contribution in [2.75, 3.05) is 13.2 Å². The summed E-state index contributed by atoms with van der Waals surface area (Å²) in [5.74, 6) is 0.371. The summed E-state index contributed by atoms with van der Waals surface area (Å²) in [7, 11) is 0. The van der Waals surface area contributed by atoms with Crippen molar-refractivity contribution in [2.24, 2.45) is 0 Å². The van der Waals surface area contributed by atoms with Crippen molar-refractivity contribution < 1.29 is 24.5 Å². The molecule has 6 heteroatoms. The van der Waals surface area contributed by atoms with Crippen LogP contribution in [0.5, 0.6) is 11.5 Å². The Morgan fingerprint density at radius 1 is 0.938 bits per heavy atom. The van der Waals surface area contributed by atoms with Crippen molar-refractivity contribution >= 4 is 5.97 Å². The lowest BCUT2D eigenvalue weighted by molar-refractivity contribution is -0.147. The number of aromatic hydroxyl groups is 1. The third-order valence-corrected chi connectivity index (χ3v) is 5.11. The Bertz CT molecular complexity index is 958. The number of esters is 1. The van der Waals surface area contributed by atoms with Gasteiger partial charge in [-0.15, -0.1) is 0 Å². The van der Waals surface area contributed by atoms with Gasteiger partial charge in [0.05, 0.1) is 6.10 Å². The molecule has 0 saturated carbocycles. The molecule has 0 spiro atoms. The standard InChI is InChI=1S/C26H29NO5/c1-19(26(30)22-9-11-23(28)12-10-22)27-16-15-20-7-13-24(14-8-20)31-18-25(29)32-17-21-5-3-2-4-6-21/h2-14,19,26-28,30H,15-18H2,1H3/t19-,26+/m0/s1. The van der Waals surface area contributed by atoms with E-state index in [0.29, 0.717) is 12.3 Å². The van der Waals surface area contributed by atoms with Crippen molar-refractivity contribution in [1.29, 1.82) is 0 Å². The van der Waals surface area contributed by atoms with Gasteiger partial charge in [0.25, 0.3) is 0 Å². The Hall–Kier alpha value is -3.35. The van der Waals surface area contributed by atoms with Gasteiger partial charge in [0.2, 0.25) is 0 Å². The molecule has 3 aromatic carbocycles. The van der Waals surface area contributed by atoms with Gasteiger partial charge in [0, 0.05) is 6.04 Å². The zero-order valence-electron chi connectivity index (χ0n) is 18.1. The smallest absolute Gasteiger partial charge is 0.344 e. The van der Waals surface area contributed by atoms with Gasteiger partial charge in [-0.2, -0.15) is 0 Å². The number of rotatable bonds is 11. The number of benzene rings is 3. The first-order valence-corrected chi connectivity index (χ1v) is 10.6. The van der Waals surface area contributed by atoms with Gasteiger partial charge in [0.15, 0.2) is 6.61 Å². The van der Waals surface area contributed by atoms with Gasteiger partial charge >= 0.3 is 5.97 Å². The highest BCUT2D eigenvalue weighted by Gasteiger charge is 2.15. The van der Waals surface area contributed by atoms with E-state index in [0.717, 1.165) is 23.1 Å². The van der Waals surface area contributed by atoms with Crippen LogP contribution < -0.4 is 10.1 Å². The molecule has 0 saturated heterocycles. The zero-order chi connectivity index (χ0) is 22.8. The van der Waals surface area contributed by atoms with E-state index in [-0.39, 0.29) is 25.0 Å². The zero-order valence-corrected chi connectivity index (χ0v) is 18.1. The van der Waals surface area contributed by atoms with E-state index >= 15 is 0 Å². The minimum Gasteiger partial charge on any atom is -0.508 e. The van der Waals surface area contributed by atoms with Crippen LogP contribution in [0.1, 0.15) is 29.7 Å². The van der Waals surface area contributed by atoms with Crippen LogP contribution in [0.3, 0.4) is 0 Å². The fourth-order valence-electron chi connectivity index (χ4n) is 3.19. The monoisotopic (exact) mass is 435 g/mol. The van der Waals surface area contributed by atoms with Crippen LogP contribution in [0.4, 0.5) is 0 Å². The summed E-state index contributed by atoms with van der Waals surface area (Å²) in [6, 6.07) is 23.5. The van der Waals surface area contributed by atoms with Gasteiger partial charge < -0.3 is 25.0 Å². The lowest BCUT2D eigenvalue weighted by Gasteiger charge is -2.20. The minimum atomic E-state index is -0.659. The molecule has 0 aliphatic carbocycles. The Morgan fingerprint density at radius 3 is 2.31 bits per heavy atom. The number of phenols is 1. The number of ether oxygens (including phenoxy) is 2. The summed E-state index contributed by atoms with van der Waals surface area (Å²) in [6.07, 6.45) is 0.125. The second-order valence-corrected chi connectivity index (χ2v) is 7.61. The van der Waals surface area contributed by atoms with Crippen LogP contribution >= 0.6 is 0 Å². The molecule has 0 aliphatic rings. The molecule has 0 aromatic heterocycles. The van der Waals surface area contributed by atoms with Crippen LogP contribution in [0.15, 0.2) is 78.9 Å². The SMILES string of the molecule is C[C@H](NCCc1ccc(OCC(=O)OCc2ccccc2)cc1)[C@@H](O)c1ccc(O)cc1. The topological polar surface area (TPSA) is 88.0 Å². The van der Waals surface area contributed by atoms with Crippen molar-refractivity contribution in [1.82, 2.24) is 5.32 Å². The summed E-state index contributed by atoms with van der Waals surface area (Å²) in [4.78, 5) is 11.8. The number of hydrogen-bond acceptors (Lipinski definition) is 6. The molecular weight excluding hydrogens is 406 g/mol. The summed E-state index contributed by atoms with van der Waals surface area (Å²) < 4.78 is 10.7. The lowest BCUT2D eigenvalue weighted by atomic mass is 10.0. The first-order chi connectivity index (χ1) is 15.5. The number of carbonyl (C=O) groups excluding carboxylic acids is 1. The molecule has 6 nitrogen and oxygen atoms in total. The highest BCUT2D eigenvalue weighted by Crippen LogP contribution is 2.19. The maximum Gasteiger partial charge on any atom is 0.344 e. The highest BCUT2D eigenvalue weighted by molar-refractivity contribution is 5.71. The van der Waals surface area contributed by atoms with Crippen molar-refractivity contribution in [2.45, 2.75) is 32.1 Å². The molecule has 0 unspecified atom stereocenters. The molecule has 0 bridgehead atoms. The predicted octanol–water partition coefficient (Wildman–Crippen LogP) is 3.77. The number of hydrogen-bond donors (Lipinski definition) is 3. The largest absolute Gasteiger partial charge is 0.508 e. The van der Waals surface area contributed by atoms with Crippen molar-refractivity contribution in [3.05, 3.63) is 95.6 Å². The number of carbonyl (C=O) groups is 1. The molecule has 168 valence electrons. The van der Waals surface area contributed by atoms with E-state index in [2.05, 4.69) is 5.32 Å². The first-order valence-electron chi connectivity index (χ1n) is 10.6. The van der Waals surface area contributed by atoms with Crippen LogP contribution in [0, 0.1) is 0 Å². The summed E-state index contributed by atoms with van der Waals surface area (Å²) in [5.41, 5.74) is 2.80. The molecule has 3 rings (SSSR count). The third-order valence-electron chi connectivity index (χ3n) is 5.11. The second kappa shape index (κ2) is 11.9. The molecule has 0 aliphatic heterocycles. The fourth-order valence-corrected chi connectivity index (χ4v) is 3.19. The number of aliphatic hydroxyl groups excluding tert-OH is 1. The number of aliphatic hydroxyl groups is 1. The van der Waals surface area contributed by atoms with E-state index in [1.54, 1.807) is 24.3 Å². The van der Waals surface area contributed by atoms with Crippen LogP contribution in [0.25, 0.3) is 0 Å². The highest BCUT2D eigenvalue weighted by atomic mass is 16.6. The van der Waals surface area contributed by atoms with Gasteiger partial charge in [0.1, 0.15) is 18.1 Å². The Morgan fingerprint density at radius 2 is 1.62 bits per heavy atom. The van der Waals surface area contributed by atoms with Gasteiger partial charge in [-0.3, -0.25) is 0 Å². The summed E-state index contributed by atoms with van der Waals surface area (Å²) >= 11 is 0. The van der Waals surface area contributed by atoms with E-state index in [9.17, 15) is 15.0 Å². The van der Waals surface area contributed by atoms with Gasteiger partial charge in [-0.1, -0.05) is 54.6 Å². The first kappa shape index (κ1) is 23.3. The minimum absolute atomic E-state index is 0.135. The predicted molar refractivity (Wildman–Crippen MR) is 122 cm³/mol. The summed E-state index contributed by atoms with van der Waals surface area (Å²) in [5, 5.41) is 23.1. The number of phenolic OH excluding ortho intramolecular Hbond substituents is 1. The normalized spacial score (nSPS) is 12.7. The molecule has 3 aromatic rings. The number of nitrogens with one attached hydrogen (secondary N) is 1. The van der Waals surface area contributed by atoms with Crippen LogP contribution in [-0.4, -0.2) is 35.4 Å². The Balaban J connectivity index is 1.36. The maximum atomic E-state index is 11.8. The molecule has 0 amide bonds. The molecule has 0 heterocycles. The lowest BCUT2D eigenvalue weighted by Crippen LogP contribution is -2.33. The van der Waals surface area contributed by atoms with Crippen LogP contribution in [-0.2, 0) is 22.6 Å². The average molecular weight is 436 g/mol. The molecule has 0 radical (unpaired) electrons. The quantitative estimate of drug-likeness (QED) is 0.398. The molecular formula is C26H29NO5. The Labute approximate surface area is 188 Å². The molecule has 3 N–H and O–H groups in total.